The van der Waals surface area contributed by atoms with E-state index in [0.29, 0.717) is 37.4 Å². The Bertz CT molecular complexity index is 1100. The molecule has 1 saturated heterocycles. The monoisotopic (exact) mass is 482 g/mol. The highest BCUT2D eigenvalue weighted by molar-refractivity contribution is 7.92. The fraction of sp³-hybridized carbons (Fsp3) is 0.476. The Morgan fingerprint density at radius 1 is 1.21 bits per heavy atom. The Hall–Kier alpha value is -3.15. The van der Waals surface area contributed by atoms with E-state index < -0.39 is 15.8 Å². The maximum absolute atomic E-state index is 14.4. The van der Waals surface area contributed by atoms with Crippen LogP contribution < -0.4 is 14.2 Å². The van der Waals surface area contributed by atoms with Gasteiger partial charge in [-0.15, -0.1) is 0 Å². The maximum Gasteiger partial charge on any atom is 0.410 e. The normalized spacial score (nSPS) is 14.8. The Balaban J connectivity index is 1.64. The first-order valence-electron chi connectivity index (χ1n) is 10.4. The third kappa shape index (κ3) is 6.91. The second-order valence-electron chi connectivity index (χ2n) is 7.97. The van der Waals surface area contributed by atoms with Crippen LogP contribution in [0.15, 0.2) is 24.5 Å². The van der Waals surface area contributed by atoms with Crippen LogP contribution in [0.1, 0.15) is 32.3 Å². The number of ether oxygens (including phenoxy) is 3. The van der Waals surface area contributed by atoms with Crippen LogP contribution >= 0.6 is 0 Å². The lowest BCUT2D eigenvalue weighted by Gasteiger charge is -2.31. The summed E-state index contributed by atoms with van der Waals surface area (Å²) in [4.78, 5) is 21.9. The maximum atomic E-state index is 14.4. The number of sulfonamides is 1. The molecular formula is C21H27FN4O6S. The molecule has 12 heteroatoms. The summed E-state index contributed by atoms with van der Waals surface area (Å²) in [5, 5.41) is 0. The van der Waals surface area contributed by atoms with E-state index in [1.807, 2.05) is 0 Å². The summed E-state index contributed by atoms with van der Waals surface area (Å²) in [5.41, 5.74) is 0.561. The molecule has 2 aromatic rings. The minimum absolute atomic E-state index is 0.0781. The molecule has 1 amide bonds. The Morgan fingerprint density at radius 3 is 2.48 bits per heavy atom. The second kappa shape index (κ2) is 10.2. The number of halogens is 1. The lowest BCUT2D eigenvalue weighted by Crippen LogP contribution is -2.42. The molecule has 1 aliphatic heterocycles. The number of amides is 1. The molecule has 1 aromatic heterocycles. The number of aromatic nitrogens is 2. The first-order chi connectivity index (χ1) is 15.5. The lowest BCUT2D eigenvalue weighted by molar-refractivity contribution is 0.0505. The molecule has 180 valence electrons. The van der Waals surface area contributed by atoms with Crippen LogP contribution in [-0.2, 0) is 14.8 Å². The number of carbonyl (C=O) groups is 1. The molecule has 1 aliphatic rings. The summed E-state index contributed by atoms with van der Waals surface area (Å²) >= 11 is 0. The van der Waals surface area contributed by atoms with Crippen LogP contribution in [0.25, 0.3) is 0 Å². The van der Waals surface area contributed by atoms with Crippen molar-refractivity contribution in [1.82, 2.24) is 14.9 Å². The van der Waals surface area contributed by atoms with Crippen LogP contribution in [0.2, 0.25) is 0 Å². The third-order valence-electron chi connectivity index (χ3n) is 4.75. The Morgan fingerprint density at radius 2 is 1.88 bits per heavy atom. The smallest absolute Gasteiger partial charge is 0.410 e. The van der Waals surface area contributed by atoms with E-state index in [-0.39, 0.29) is 35.6 Å². The van der Waals surface area contributed by atoms with E-state index in [2.05, 4.69) is 14.7 Å². The van der Waals surface area contributed by atoms with Gasteiger partial charge in [0.1, 0.15) is 12.4 Å². The van der Waals surface area contributed by atoms with Gasteiger partial charge in [0.2, 0.25) is 21.8 Å². The van der Waals surface area contributed by atoms with Gasteiger partial charge in [-0.1, -0.05) is 0 Å². The van der Waals surface area contributed by atoms with Gasteiger partial charge in [-0.25, -0.2) is 27.6 Å². The second-order valence-corrected chi connectivity index (χ2v) is 9.72. The zero-order chi connectivity index (χ0) is 24.2. The highest BCUT2D eigenvalue weighted by atomic mass is 32.2. The van der Waals surface area contributed by atoms with E-state index in [0.717, 1.165) is 12.3 Å². The molecule has 33 heavy (non-hydrogen) atoms. The minimum Gasteiger partial charge on any atom is -0.474 e. The summed E-state index contributed by atoms with van der Waals surface area (Å²) in [7, 11) is -3.53. The summed E-state index contributed by atoms with van der Waals surface area (Å²) in [6.45, 7) is 6.30. The highest BCUT2D eigenvalue weighted by Gasteiger charge is 2.26. The molecule has 2 heterocycles. The minimum atomic E-state index is -3.53. The van der Waals surface area contributed by atoms with Gasteiger partial charge in [0.05, 0.1) is 23.6 Å². The number of rotatable bonds is 7. The van der Waals surface area contributed by atoms with Crippen molar-refractivity contribution in [3.8, 4) is 17.5 Å². The third-order valence-corrected chi connectivity index (χ3v) is 5.35. The van der Waals surface area contributed by atoms with E-state index in [4.69, 9.17) is 14.2 Å². The standard InChI is InChI=1S/C21H27FN4O6S/c1-13(2)30-21(27)26-9-7-16(8-10-26)31-19-14(3)20(24-12-23-19)32-18-6-5-15(11-17(18)22)25-33(4,28)29/h5-6,11-13,16,25H,7-10H2,1-4H3. The molecule has 3 rings (SSSR count). The highest BCUT2D eigenvalue weighted by Crippen LogP contribution is 2.31. The molecule has 1 fully saturated rings. The topological polar surface area (TPSA) is 120 Å². The first kappa shape index (κ1) is 24.5. The summed E-state index contributed by atoms with van der Waals surface area (Å²) in [5.74, 6) is -0.469. The van der Waals surface area contributed by atoms with Gasteiger partial charge in [0.25, 0.3) is 0 Å². The van der Waals surface area contributed by atoms with Crippen molar-refractivity contribution in [2.45, 2.75) is 45.8 Å². The fourth-order valence-corrected chi connectivity index (χ4v) is 3.75. The predicted octanol–water partition coefficient (Wildman–Crippen LogP) is 3.48. The van der Waals surface area contributed by atoms with Crippen molar-refractivity contribution in [3.05, 3.63) is 35.9 Å². The fourth-order valence-electron chi connectivity index (χ4n) is 3.20. The SMILES string of the molecule is Cc1c(Oc2ccc(NS(C)(=O)=O)cc2F)ncnc1OC1CCN(C(=O)OC(C)C)CC1. The number of nitrogens with one attached hydrogen (secondary N) is 1. The average Bonchev–Trinajstić information content (AvgIpc) is 2.71. The van der Waals surface area contributed by atoms with Gasteiger partial charge in [-0.2, -0.15) is 0 Å². The van der Waals surface area contributed by atoms with Crippen LogP contribution in [0.3, 0.4) is 0 Å². The van der Waals surface area contributed by atoms with E-state index in [9.17, 15) is 17.6 Å². The summed E-state index contributed by atoms with van der Waals surface area (Å²) in [6, 6.07) is 3.70. The molecule has 0 unspecified atom stereocenters. The van der Waals surface area contributed by atoms with E-state index >= 15 is 0 Å². The molecule has 0 radical (unpaired) electrons. The molecule has 10 nitrogen and oxygen atoms in total. The molecule has 0 aliphatic carbocycles. The number of hydrogen-bond acceptors (Lipinski definition) is 8. The van der Waals surface area contributed by atoms with E-state index in [1.54, 1.807) is 25.7 Å². The quantitative estimate of drug-likeness (QED) is 0.637. The first-order valence-corrected chi connectivity index (χ1v) is 12.3. The Labute approximate surface area is 192 Å². The summed E-state index contributed by atoms with van der Waals surface area (Å²) in [6.07, 6.45) is 2.77. The van der Waals surface area contributed by atoms with E-state index in [1.165, 1.54) is 18.5 Å². The number of hydrogen-bond donors (Lipinski definition) is 1. The molecular weight excluding hydrogens is 455 g/mol. The Kier molecular flexibility index (Phi) is 7.57. The van der Waals surface area contributed by atoms with Crippen molar-refractivity contribution < 1.29 is 31.8 Å². The van der Waals surface area contributed by atoms with Crippen molar-refractivity contribution in [2.75, 3.05) is 24.1 Å². The number of anilines is 1. The van der Waals surface area contributed by atoms with Crippen molar-refractivity contribution in [2.24, 2.45) is 0 Å². The molecule has 0 bridgehead atoms. The molecule has 0 atom stereocenters. The largest absolute Gasteiger partial charge is 0.474 e. The number of benzene rings is 1. The van der Waals surface area contributed by atoms with Crippen molar-refractivity contribution in [3.63, 3.8) is 0 Å². The van der Waals surface area contributed by atoms with Crippen LogP contribution in [0, 0.1) is 12.7 Å². The van der Waals surface area contributed by atoms with Crippen molar-refractivity contribution in [1.29, 1.82) is 0 Å². The molecule has 1 N–H and O–H groups in total. The zero-order valence-corrected chi connectivity index (χ0v) is 19.7. The lowest BCUT2D eigenvalue weighted by atomic mass is 10.1. The van der Waals surface area contributed by atoms with Crippen LogP contribution in [0.4, 0.5) is 14.9 Å². The number of piperidine rings is 1. The van der Waals surface area contributed by atoms with Gasteiger partial charge in [0.15, 0.2) is 11.6 Å². The summed E-state index contributed by atoms with van der Waals surface area (Å²) < 4.78 is 56.0. The number of nitrogens with zero attached hydrogens (tertiary/aromatic N) is 3. The number of likely N-dealkylation sites (tertiary alicyclic amines) is 1. The van der Waals surface area contributed by atoms with Gasteiger partial charge >= 0.3 is 6.09 Å². The van der Waals surface area contributed by atoms with Crippen LogP contribution in [-0.4, -0.2) is 60.9 Å². The van der Waals surface area contributed by atoms with Crippen LogP contribution in [0.5, 0.6) is 17.5 Å². The molecule has 0 spiro atoms. The van der Waals surface area contributed by atoms with Gasteiger partial charge in [-0.3, -0.25) is 4.72 Å². The predicted molar refractivity (Wildman–Crippen MR) is 119 cm³/mol. The zero-order valence-electron chi connectivity index (χ0n) is 18.9. The van der Waals surface area contributed by atoms with Gasteiger partial charge < -0.3 is 19.1 Å². The molecule has 0 saturated carbocycles. The molecule has 1 aromatic carbocycles. The number of carbonyl (C=O) groups excluding carboxylic acids is 1. The van der Waals surface area contributed by atoms with Gasteiger partial charge in [-0.05, 0) is 32.9 Å². The average molecular weight is 483 g/mol. The van der Waals surface area contributed by atoms with Crippen molar-refractivity contribution >= 4 is 21.8 Å². The van der Waals surface area contributed by atoms with Gasteiger partial charge in [0, 0.05) is 32.0 Å².